The second-order valence-electron chi connectivity index (χ2n) is 18.8. The van der Waals surface area contributed by atoms with Crippen molar-refractivity contribution in [3.8, 4) is 0 Å². The number of esters is 3. The molecule has 0 amide bonds. The predicted octanol–water partition coefficient (Wildman–Crippen LogP) is 19.3. The molecule has 6 nitrogen and oxygen atoms in total. The first-order valence-electron chi connectivity index (χ1n) is 28.8. The zero-order chi connectivity index (χ0) is 50.0. The van der Waals surface area contributed by atoms with Gasteiger partial charge in [-0.05, 0) is 103 Å². The molecule has 0 bridgehead atoms. The van der Waals surface area contributed by atoms with E-state index in [1.165, 1.54) is 128 Å². The Balaban J connectivity index is 4.45. The molecule has 0 aliphatic heterocycles. The molecule has 394 valence electrons. The van der Waals surface area contributed by atoms with Crippen LogP contribution in [-0.2, 0) is 28.6 Å². The Bertz CT molecular complexity index is 1380. The number of unbranched alkanes of at least 4 members (excludes halogenated alkanes) is 25. The van der Waals surface area contributed by atoms with Gasteiger partial charge in [0, 0.05) is 19.3 Å². The number of rotatable bonds is 51. The molecule has 0 saturated carbocycles. The third kappa shape index (κ3) is 55.1. The Kier molecular flexibility index (Phi) is 53.9. The fraction of sp³-hybridized carbons (Fsp3) is 0.698. The van der Waals surface area contributed by atoms with Crippen LogP contribution in [0.5, 0.6) is 0 Å². The van der Waals surface area contributed by atoms with Gasteiger partial charge >= 0.3 is 17.9 Å². The molecule has 0 heterocycles. The lowest BCUT2D eigenvalue weighted by molar-refractivity contribution is -0.166. The van der Waals surface area contributed by atoms with Gasteiger partial charge in [0.2, 0.25) is 0 Å². The van der Waals surface area contributed by atoms with Crippen LogP contribution in [0.15, 0.2) is 97.2 Å². The Hall–Kier alpha value is -3.67. The van der Waals surface area contributed by atoms with E-state index in [1.807, 2.05) is 6.08 Å². The van der Waals surface area contributed by atoms with E-state index in [1.54, 1.807) is 0 Å². The molecule has 69 heavy (non-hydrogen) atoms. The molecule has 0 aliphatic carbocycles. The quantitative estimate of drug-likeness (QED) is 0.0199. The maximum atomic E-state index is 12.9. The van der Waals surface area contributed by atoms with Crippen LogP contribution < -0.4 is 0 Å². The fourth-order valence-electron chi connectivity index (χ4n) is 7.77. The van der Waals surface area contributed by atoms with E-state index in [0.717, 1.165) is 89.9 Å². The summed E-state index contributed by atoms with van der Waals surface area (Å²) < 4.78 is 16.8. The molecular formula is C63H106O6. The molecule has 6 heteroatoms. The minimum atomic E-state index is -0.809. The van der Waals surface area contributed by atoms with Crippen LogP contribution in [0.1, 0.15) is 265 Å². The summed E-state index contributed by atoms with van der Waals surface area (Å²) in [6, 6.07) is 0. The first-order chi connectivity index (χ1) is 34.0. The molecule has 1 unspecified atom stereocenters. The third-order valence-electron chi connectivity index (χ3n) is 12.1. The Morgan fingerprint density at radius 2 is 0.638 bits per heavy atom. The van der Waals surface area contributed by atoms with Crippen LogP contribution in [0, 0.1) is 0 Å². The lowest BCUT2D eigenvalue weighted by Gasteiger charge is -2.18. The Morgan fingerprint density at radius 3 is 1.09 bits per heavy atom. The summed E-state index contributed by atoms with van der Waals surface area (Å²) in [5.41, 5.74) is 0. The van der Waals surface area contributed by atoms with E-state index in [4.69, 9.17) is 14.2 Å². The first-order valence-corrected chi connectivity index (χ1v) is 28.8. The van der Waals surface area contributed by atoms with Crippen molar-refractivity contribution in [1.29, 1.82) is 0 Å². The van der Waals surface area contributed by atoms with Gasteiger partial charge in [-0.2, -0.15) is 0 Å². The smallest absolute Gasteiger partial charge is 0.306 e. The highest BCUT2D eigenvalue weighted by Gasteiger charge is 2.19. The second-order valence-corrected chi connectivity index (χ2v) is 18.8. The number of hydrogen-bond acceptors (Lipinski definition) is 6. The third-order valence-corrected chi connectivity index (χ3v) is 12.1. The van der Waals surface area contributed by atoms with E-state index >= 15 is 0 Å². The van der Waals surface area contributed by atoms with Crippen LogP contribution in [0.3, 0.4) is 0 Å². The summed E-state index contributed by atoms with van der Waals surface area (Å²) in [6.07, 6.45) is 75.5. The largest absolute Gasteiger partial charge is 0.462 e. The van der Waals surface area contributed by atoms with Crippen molar-refractivity contribution in [2.75, 3.05) is 13.2 Å². The van der Waals surface area contributed by atoms with Crippen molar-refractivity contribution in [2.45, 2.75) is 271 Å². The molecule has 0 aromatic carbocycles. The molecule has 0 radical (unpaired) electrons. The van der Waals surface area contributed by atoms with Crippen LogP contribution in [0.25, 0.3) is 0 Å². The normalized spacial score (nSPS) is 12.8. The van der Waals surface area contributed by atoms with E-state index in [0.29, 0.717) is 19.3 Å². The van der Waals surface area contributed by atoms with E-state index < -0.39 is 6.10 Å². The summed E-state index contributed by atoms with van der Waals surface area (Å²) in [4.78, 5) is 38.1. The minimum Gasteiger partial charge on any atom is -0.462 e. The van der Waals surface area contributed by atoms with E-state index in [9.17, 15) is 14.4 Å². The van der Waals surface area contributed by atoms with Gasteiger partial charge in [0.05, 0.1) is 0 Å². The molecule has 0 aliphatic rings. The summed E-state index contributed by atoms with van der Waals surface area (Å²) in [6.45, 7) is 6.43. The molecular weight excluding hydrogens is 853 g/mol. The average molecular weight is 960 g/mol. The maximum absolute atomic E-state index is 12.9. The summed E-state index contributed by atoms with van der Waals surface area (Å²) >= 11 is 0. The SMILES string of the molecule is CC/C=C/C/C=C/C/C=C/C/C=C/CCCCCCCCC(=O)OCC(COC(=O)CC/C=C/C/C=C/CCCCCCCC)OC(=O)CCCCCCCCCCCC/C=C/C=C/CCCCC. The van der Waals surface area contributed by atoms with Crippen LogP contribution in [0.2, 0.25) is 0 Å². The van der Waals surface area contributed by atoms with Crippen molar-refractivity contribution in [3.63, 3.8) is 0 Å². The van der Waals surface area contributed by atoms with Crippen molar-refractivity contribution in [1.82, 2.24) is 0 Å². The van der Waals surface area contributed by atoms with Crippen molar-refractivity contribution < 1.29 is 28.6 Å². The minimum absolute atomic E-state index is 0.104. The van der Waals surface area contributed by atoms with E-state index in [-0.39, 0.29) is 37.5 Å². The summed E-state index contributed by atoms with van der Waals surface area (Å²) in [5.74, 6) is -0.987. The van der Waals surface area contributed by atoms with E-state index in [2.05, 4.69) is 112 Å². The van der Waals surface area contributed by atoms with Gasteiger partial charge in [-0.3, -0.25) is 14.4 Å². The topological polar surface area (TPSA) is 78.9 Å². The molecule has 0 fully saturated rings. The van der Waals surface area contributed by atoms with Gasteiger partial charge in [0.15, 0.2) is 6.10 Å². The highest BCUT2D eigenvalue weighted by molar-refractivity contribution is 5.71. The van der Waals surface area contributed by atoms with Crippen LogP contribution >= 0.6 is 0 Å². The van der Waals surface area contributed by atoms with Gasteiger partial charge in [-0.25, -0.2) is 0 Å². The van der Waals surface area contributed by atoms with Gasteiger partial charge in [-0.1, -0.05) is 240 Å². The lowest BCUT2D eigenvalue weighted by Crippen LogP contribution is -2.30. The highest BCUT2D eigenvalue weighted by atomic mass is 16.6. The number of carbonyl (C=O) groups is 3. The molecule has 0 spiro atoms. The first kappa shape index (κ1) is 65.3. The molecule has 0 aromatic heterocycles. The number of allylic oxidation sites excluding steroid dienone is 16. The Labute approximate surface area is 426 Å². The Morgan fingerprint density at radius 1 is 0.319 bits per heavy atom. The van der Waals surface area contributed by atoms with Gasteiger partial charge < -0.3 is 14.2 Å². The zero-order valence-corrected chi connectivity index (χ0v) is 45.0. The second kappa shape index (κ2) is 56.9. The van der Waals surface area contributed by atoms with Crippen LogP contribution in [0.4, 0.5) is 0 Å². The number of ether oxygens (including phenoxy) is 3. The van der Waals surface area contributed by atoms with Crippen LogP contribution in [-0.4, -0.2) is 37.2 Å². The maximum Gasteiger partial charge on any atom is 0.306 e. The molecule has 0 saturated heterocycles. The predicted molar refractivity (Wildman–Crippen MR) is 297 cm³/mol. The molecule has 0 aromatic rings. The summed E-state index contributed by atoms with van der Waals surface area (Å²) in [5, 5.41) is 0. The monoisotopic (exact) mass is 959 g/mol. The molecule has 1 atom stereocenters. The molecule has 0 N–H and O–H groups in total. The van der Waals surface area contributed by atoms with Crippen molar-refractivity contribution in [2.24, 2.45) is 0 Å². The number of carbonyl (C=O) groups excluding carboxylic acids is 3. The lowest BCUT2D eigenvalue weighted by atomic mass is 10.1. The van der Waals surface area contributed by atoms with Gasteiger partial charge in [0.1, 0.15) is 13.2 Å². The standard InChI is InChI=1S/C63H106O6/c1-4-7-10-13-16-19-22-25-27-29-31-33-35-38-41-44-47-50-53-56-62(65)68-59-60(58-67-61(64)55-52-49-46-43-40-37-24-21-18-15-12-9-6-3)69-63(66)57-54-51-48-45-42-39-36-34-32-30-28-26-23-20-17-14-11-8-5-2/h7,10,16-17,19-20,23,25-27,31,33,37,40,46,49,60H,4-6,8-9,11-15,18,21-22,24,28-30,32,34-36,38-39,41-45,47-48,50-59H2,1-3H3/b10-7+,19-16+,20-17+,26-23+,27-25+,33-31+,40-37+,49-46+. The number of hydrogen-bond donors (Lipinski definition) is 0. The average Bonchev–Trinajstić information content (AvgIpc) is 3.35. The van der Waals surface area contributed by atoms with Crippen molar-refractivity contribution in [3.05, 3.63) is 97.2 Å². The molecule has 0 rings (SSSR count). The van der Waals surface area contributed by atoms with Gasteiger partial charge in [0.25, 0.3) is 0 Å². The zero-order valence-electron chi connectivity index (χ0n) is 45.0. The summed E-state index contributed by atoms with van der Waals surface area (Å²) in [7, 11) is 0. The van der Waals surface area contributed by atoms with Gasteiger partial charge in [-0.15, -0.1) is 0 Å². The fourth-order valence-corrected chi connectivity index (χ4v) is 7.77. The highest BCUT2D eigenvalue weighted by Crippen LogP contribution is 2.15. The van der Waals surface area contributed by atoms with Crippen molar-refractivity contribution >= 4 is 17.9 Å².